The first-order chi connectivity index (χ1) is 12.0. The number of thiophene rings is 1. The van der Waals surface area contributed by atoms with Crippen LogP contribution in [0.25, 0.3) is 10.2 Å². The Hall–Kier alpha value is -1.22. The van der Waals surface area contributed by atoms with Gasteiger partial charge in [-0.1, -0.05) is 11.8 Å². The summed E-state index contributed by atoms with van der Waals surface area (Å²) >= 11 is 3.13. The zero-order valence-corrected chi connectivity index (χ0v) is 16.2. The SMILES string of the molecule is Cc1cc2c(SCC(=O)N[C@@H]3[C@@H]4CCO[C@@H]4[C@H]3N(C)C)ncnc2s1. The molecule has 134 valence electrons. The average Bonchev–Trinajstić information content (AvgIpc) is 3.13. The maximum Gasteiger partial charge on any atom is 0.230 e. The molecule has 25 heavy (non-hydrogen) atoms. The molecular formula is C17H22N4O2S2. The van der Waals surface area contributed by atoms with Gasteiger partial charge in [0.05, 0.1) is 23.9 Å². The van der Waals surface area contributed by atoms with Gasteiger partial charge < -0.3 is 15.0 Å². The molecule has 0 bridgehead atoms. The highest BCUT2D eigenvalue weighted by atomic mass is 32.2. The molecular weight excluding hydrogens is 356 g/mol. The quantitative estimate of drug-likeness (QED) is 0.633. The lowest BCUT2D eigenvalue weighted by Crippen LogP contribution is -2.69. The molecule has 2 aromatic heterocycles. The van der Waals surface area contributed by atoms with Crippen LogP contribution in [0.5, 0.6) is 0 Å². The maximum absolute atomic E-state index is 12.5. The molecule has 2 fully saturated rings. The lowest BCUT2D eigenvalue weighted by atomic mass is 9.71. The molecule has 0 radical (unpaired) electrons. The van der Waals surface area contributed by atoms with Gasteiger partial charge in [0, 0.05) is 22.8 Å². The Morgan fingerprint density at radius 3 is 3.12 bits per heavy atom. The fourth-order valence-electron chi connectivity index (χ4n) is 3.91. The molecule has 4 atom stereocenters. The Balaban J connectivity index is 1.39. The van der Waals surface area contributed by atoms with Crippen molar-refractivity contribution in [3.05, 3.63) is 17.3 Å². The van der Waals surface area contributed by atoms with Crippen molar-refractivity contribution in [1.82, 2.24) is 20.2 Å². The summed E-state index contributed by atoms with van der Waals surface area (Å²) in [6, 6.07) is 2.55. The number of thioether (sulfide) groups is 1. The molecule has 3 heterocycles. The van der Waals surface area contributed by atoms with Crippen LogP contribution in [-0.2, 0) is 9.53 Å². The van der Waals surface area contributed by atoms with E-state index >= 15 is 0 Å². The predicted molar refractivity (Wildman–Crippen MR) is 100 cm³/mol. The lowest BCUT2D eigenvalue weighted by Gasteiger charge is -2.50. The topological polar surface area (TPSA) is 67.3 Å². The van der Waals surface area contributed by atoms with Crippen molar-refractivity contribution in [2.24, 2.45) is 5.92 Å². The standard InChI is InChI=1S/C17H22N4O2S2/c1-9-6-11-16(18-8-19-17(11)25-9)24-7-12(22)20-13-10-4-5-23-15(10)14(13)21(2)3/h6,8,10,13-15H,4-5,7H2,1-3H3,(H,20,22)/t10-,13+,14-,15-/m0/s1. The van der Waals surface area contributed by atoms with E-state index in [1.807, 2.05) is 14.1 Å². The molecule has 1 aliphatic heterocycles. The second-order valence-corrected chi connectivity index (χ2v) is 9.08. The number of aromatic nitrogens is 2. The molecule has 6 nitrogen and oxygen atoms in total. The van der Waals surface area contributed by atoms with E-state index in [4.69, 9.17) is 4.74 Å². The molecule has 1 saturated carbocycles. The van der Waals surface area contributed by atoms with Gasteiger partial charge in [0.1, 0.15) is 16.2 Å². The van der Waals surface area contributed by atoms with Crippen molar-refractivity contribution >= 4 is 39.2 Å². The van der Waals surface area contributed by atoms with Crippen LogP contribution in [0.15, 0.2) is 17.4 Å². The van der Waals surface area contributed by atoms with Crippen molar-refractivity contribution in [1.29, 1.82) is 0 Å². The van der Waals surface area contributed by atoms with E-state index in [0.29, 0.717) is 11.7 Å². The van der Waals surface area contributed by atoms with Crippen LogP contribution in [0.2, 0.25) is 0 Å². The first-order valence-corrected chi connectivity index (χ1v) is 10.3. The summed E-state index contributed by atoms with van der Waals surface area (Å²) in [5.74, 6) is 0.883. The average molecular weight is 379 g/mol. The van der Waals surface area contributed by atoms with Crippen LogP contribution in [0, 0.1) is 12.8 Å². The van der Waals surface area contributed by atoms with E-state index in [2.05, 4.69) is 33.2 Å². The van der Waals surface area contributed by atoms with Gasteiger partial charge in [-0.3, -0.25) is 4.79 Å². The summed E-state index contributed by atoms with van der Waals surface area (Å²) in [6.45, 7) is 2.86. The van der Waals surface area contributed by atoms with Gasteiger partial charge in [-0.15, -0.1) is 11.3 Å². The van der Waals surface area contributed by atoms with Crippen LogP contribution in [0.1, 0.15) is 11.3 Å². The van der Waals surface area contributed by atoms with E-state index < -0.39 is 0 Å². The summed E-state index contributed by atoms with van der Waals surface area (Å²) in [6.07, 6.45) is 2.88. The Morgan fingerprint density at radius 2 is 2.32 bits per heavy atom. The first kappa shape index (κ1) is 17.2. The molecule has 1 aliphatic carbocycles. The van der Waals surface area contributed by atoms with Gasteiger partial charge in [0.15, 0.2) is 0 Å². The Bertz CT molecular complexity index is 794. The third-order valence-corrected chi connectivity index (χ3v) is 6.99. The molecule has 1 amide bonds. The number of carbonyl (C=O) groups excluding carboxylic acids is 1. The third-order valence-electron chi connectivity index (χ3n) is 5.03. The van der Waals surface area contributed by atoms with Crippen molar-refractivity contribution in [2.45, 2.75) is 36.6 Å². The van der Waals surface area contributed by atoms with E-state index in [9.17, 15) is 4.79 Å². The molecule has 2 aliphatic rings. The fraction of sp³-hybridized carbons (Fsp3) is 0.588. The number of amides is 1. The van der Waals surface area contributed by atoms with Gasteiger partial charge in [-0.2, -0.15) is 0 Å². The number of fused-ring (bicyclic) bond motifs is 2. The fourth-order valence-corrected chi connectivity index (χ4v) is 5.61. The van der Waals surface area contributed by atoms with Crippen LogP contribution in [0.4, 0.5) is 0 Å². The summed E-state index contributed by atoms with van der Waals surface area (Å²) in [4.78, 5) is 25.5. The van der Waals surface area contributed by atoms with Gasteiger partial charge in [-0.25, -0.2) is 9.97 Å². The Kier molecular flexibility index (Phi) is 4.70. The third kappa shape index (κ3) is 3.16. The normalized spacial score (nSPS) is 28.2. The minimum atomic E-state index is 0.0610. The summed E-state index contributed by atoms with van der Waals surface area (Å²) in [7, 11) is 4.10. The molecule has 2 aromatic rings. The molecule has 0 aromatic carbocycles. The second-order valence-electron chi connectivity index (χ2n) is 6.88. The number of rotatable bonds is 5. The second kappa shape index (κ2) is 6.83. The van der Waals surface area contributed by atoms with Gasteiger partial charge in [0.25, 0.3) is 0 Å². The number of carbonyl (C=O) groups is 1. The van der Waals surface area contributed by atoms with Crippen molar-refractivity contribution in [2.75, 3.05) is 26.5 Å². The highest BCUT2D eigenvalue weighted by molar-refractivity contribution is 8.00. The van der Waals surface area contributed by atoms with E-state index in [0.717, 1.165) is 28.3 Å². The zero-order valence-electron chi connectivity index (χ0n) is 14.6. The monoisotopic (exact) mass is 378 g/mol. The maximum atomic E-state index is 12.5. The minimum Gasteiger partial charge on any atom is -0.376 e. The van der Waals surface area contributed by atoms with E-state index in [1.165, 1.54) is 16.6 Å². The minimum absolute atomic E-state index is 0.0610. The zero-order chi connectivity index (χ0) is 17.6. The number of aryl methyl sites for hydroxylation is 1. The van der Waals surface area contributed by atoms with Gasteiger partial charge in [0.2, 0.25) is 5.91 Å². The van der Waals surface area contributed by atoms with Crippen LogP contribution >= 0.6 is 23.1 Å². The molecule has 8 heteroatoms. The molecule has 0 spiro atoms. The van der Waals surface area contributed by atoms with Crippen molar-refractivity contribution in [3.63, 3.8) is 0 Å². The number of hydrogen-bond acceptors (Lipinski definition) is 7. The van der Waals surface area contributed by atoms with Crippen LogP contribution in [0.3, 0.4) is 0 Å². The smallest absolute Gasteiger partial charge is 0.230 e. The number of hydrogen-bond donors (Lipinski definition) is 1. The van der Waals surface area contributed by atoms with E-state index in [-0.39, 0.29) is 24.1 Å². The number of likely N-dealkylation sites (N-methyl/N-ethyl adjacent to an activating group) is 1. The Labute approximate surface area is 155 Å². The van der Waals surface area contributed by atoms with Crippen molar-refractivity contribution < 1.29 is 9.53 Å². The first-order valence-electron chi connectivity index (χ1n) is 8.46. The molecule has 0 unspecified atom stereocenters. The number of nitrogens with one attached hydrogen (secondary N) is 1. The largest absolute Gasteiger partial charge is 0.376 e. The van der Waals surface area contributed by atoms with Crippen LogP contribution in [-0.4, -0.2) is 65.4 Å². The van der Waals surface area contributed by atoms with Crippen LogP contribution < -0.4 is 5.32 Å². The summed E-state index contributed by atoms with van der Waals surface area (Å²) in [5.41, 5.74) is 0. The molecule has 1 saturated heterocycles. The highest BCUT2D eigenvalue weighted by Crippen LogP contribution is 2.41. The summed E-state index contributed by atoms with van der Waals surface area (Å²) < 4.78 is 5.80. The van der Waals surface area contributed by atoms with Gasteiger partial charge >= 0.3 is 0 Å². The Morgan fingerprint density at radius 1 is 1.48 bits per heavy atom. The highest BCUT2D eigenvalue weighted by Gasteiger charge is 2.55. The summed E-state index contributed by atoms with van der Waals surface area (Å²) in [5, 5.41) is 5.14. The predicted octanol–water partition coefficient (Wildman–Crippen LogP) is 1.93. The molecule has 4 rings (SSSR count). The lowest BCUT2D eigenvalue weighted by molar-refractivity contribution is -0.125. The number of nitrogens with zero attached hydrogens (tertiary/aromatic N) is 3. The number of ether oxygens (including phenoxy) is 1. The molecule has 1 N–H and O–H groups in total. The van der Waals surface area contributed by atoms with Crippen molar-refractivity contribution in [3.8, 4) is 0 Å². The van der Waals surface area contributed by atoms with Gasteiger partial charge in [-0.05, 0) is 33.5 Å². The van der Waals surface area contributed by atoms with E-state index in [1.54, 1.807) is 17.7 Å².